The first kappa shape index (κ1) is 18.6. The van der Waals surface area contributed by atoms with Crippen molar-refractivity contribution < 1.29 is 14.0 Å². The van der Waals surface area contributed by atoms with E-state index in [1.54, 1.807) is 17.0 Å². The van der Waals surface area contributed by atoms with Gasteiger partial charge in [0.2, 0.25) is 5.91 Å². The molecule has 0 aliphatic carbocycles. The number of hydrogen-bond acceptors (Lipinski definition) is 3. The van der Waals surface area contributed by atoms with Gasteiger partial charge in [-0.1, -0.05) is 54.3 Å². The second-order valence-electron chi connectivity index (χ2n) is 6.78. The minimum absolute atomic E-state index is 0.217. The molecule has 1 N–H and O–H groups in total. The molecule has 0 saturated heterocycles. The van der Waals surface area contributed by atoms with E-state index >= 15 is 0 Å². The Hall–Kier alpha value is -3.78. The van der Waals surface area contributed by atoms with Gasteiger partial charge >= 0.3 is 0 Å². The van der Waals surface area contributed by atoms with Crippen molar-refractivity contribution in [1.82, 2.24) is 10.2 Å². The van der Waals surface area contributed by atoms with Gasteiger partial charge in [0.05, 0.1) is 12.8 Å². The molecule has 1 aliphatic rings. The van der Waals surface area contributed by atoms with Crippen molar-refractivity contribution in [3.63, 3.8) is 0 Å². The van der Waals surface area contributed by atoms with Gasteiger partial charge in [-0.3, -0.25) is 9.59 Å². The summed E-state index contributed by atoms with van der Waals surface area (Å²) in [4.78, 5) is 27.4. The molecule has 1 aliphatic heterocycles. The number of fused-ring (bicyclic) bond motifs is 1. The number of rotatable bonds is 3. The van der Waals surface area contributed by atoms with Crippen LogP contribution in [0, 0.1) is 11.8 Å². The Labute approximate surface area is 169 Å². The topological polar surface area (TPSA) is 62.6 Å². The summed E-state index contributed by atoms with van der Waals surface area (Å²) >= 11 is 0. The van der Waals surface area contributed by atoms with E-state index in [1.165, 1.54) is 6.26 Å². The minimum Gasteiger partial charge on any atom is -0.459 e. The maximum absolute atomic E-state index is 12.9. The van der Waals surface area contributed by atoms with Crippen LogP contribution in [0.3, 0.4) is 0 Å². The molecule has 4 rings (SSSR count). The van der Waals surface area contributed by atoms with Crippen LogP contribution in [0.1, 0.15) is 27.2 Å². The third-order valence-electron chi connectivity index (χ3n) is 4.90. The van der Waals surface area contributed by atoms with Crippen molar-refractivity contribution >= 4 is 11.8 Å². The van der Waals surface area contributed by atoms with Gasteiger partial charge in [-0.25, -0.2) is 0 Å². The second kappa shape index (κ2) is 8.49. The molecule has 0 bridgehead atoms. The molecule has 2 aromatic carbocycles. The molecule has 1 aromatic heterocycles. The molecule has 2 amide bonds. The van der Waals surface area contributed by atoms with Gasteiger partial charge in [0, 0.05) is 18.5 Å². The van der Waals surface area contributed by atoms with Crippen LogP contribution in [0.15, 0.2) is 77.4 Å². The van der Waals surface area contributed by atoms with E-state index in [0.29, 0.717) is 13.0 Å². The van der Waals surface area contributed by atoms with E-state index in [-0.39, 0.29) is 24.1 Å². The first-order chi connectivity index (χ1) is 14.2. The van der Waals surface area contributed by atoms with Crippen molar-refractivity contribution in [2.75, 3.05) is 6.54 Å². The molecule has 0 radical (unpaired) electrons. The average Bonchev–Trinajstić information content (AvgIpc) is 3.31. The number of carbonyl (C=O) groups is 2. The van der Waals surface area contributed by atoms with Crippen LogP contribution >= 0.6 is 0 Å². The molecule has 5 heteroatoms. The molecule has 0 fully saturated rings. The van der Waals surface area contributed by atoms with Crippen molar-refractivity contribution in [2.45, 2.75) is 19.0 Å². The van der Waals surface area contributed by atoms with Gasteiger partial charge in [-0.2, -0.15) is 0 Å². The molecule has 3 aromatic rings. The van der Waals surface area contributed by atoms with E-state index in [9.17, 15) is 9.59 Å². The molecule has 29 heavy (non-hydrogen) atoms. The second-order valence-corrected chi connectivity index (χ2v) is 6.78. The lowest BCUT2D eigenvalue weighted by Gasteiger charge is -2.35. The first-order valence-corrected chi connectivity index (χ1v) is 9.45. The summed E-state index contributed by atoms with van der Waals surface area (Å²) in [6, 6.07) is 20.1. The van der Waals surface area contributed by atoms with Crippen LogP contribution < -0.4 is 5.32 Å². The van der Waals surface area contributed by atoms with Crippen molar-refractivity contribution in [3.8, 4) is 11.8 Å². The first-order valence-electron chi connectivity index (χ1n) is 9.45. The average molecular weight is 384 g/mol. The monoisotopic (exact) mass is 384 g/mol. The maximum Gasteiger partial charge on any atom is 0.290 e. The van der Waals surface area contributed by atoms with E-state index < -0.39 is 6.04 Å². The molecule has 0 saturated carbocycles. The highest BCUT2D eigenvalue weighted by molar-refractivity contribution is 5.96. The van der Waals surface area contributed by atoms with Crippen molar-refractivity contribution in [1.29, 1.82) is 0 Å². The van der Waals surface area contributed by atoms with Gasteiger partial charge < -0.3 is 14.6 Å². The summed E-state index contributed by atoms with van der Waals surface area (Å²) in [5.41, 5.74) is 3.01. The van der Waals surface area contributed by atoms with Crippen LogP contribution in [-0.2, 0) is 17.8 Å². The molecule has 144 valence electrons. The van der Waals surface area contributed by atoms with Gasteiger partial charge in [0.15, 0.2) is 5.76 Å². The molecular weight excluding hydrogens is 364 g/mol. The number of carbonyl (C=O) groups excluding carboxylic acids is 2. The Bertz CT molecular complexity index is 1060. The van der Waals surface area contributed by atoms with E-state index in [0.717, 1.165) is 16.7 Å². The zero-order valence-electron chi connectivity index (χ0n) is 15.8. The lowest BCUT2D eigenvalue weighted by molar-refractivity contribution is -0.125. The van der Waals surface area contributed by atoms with E-state index in [2.05, 4.69) is 17.2 Å². The highest BCUT2D eigenvalue weighted by Crippen LogP contribution is 2.25. The zero-order valence-corrected chi connectivity index (χ0v) is 15.8. The lowest BCUT2D eigenvalue weighted by atomic mass is 9.93. The number of nitrogens with zero attached hydrogens (tertiary/aromatic N) is 1. The fraction of sp³-hybridized carbons (Fsp3) is 0.167. The highest BCUT2D eigenvalue weighted by atomic mass is 16.3. The number of furan rings is 1. The summed E-state index contributed by atoms with van der Waals surface area (Å²) in [7, 11) is 0. The summed E-state index contributed by atoms with van der Waals surface area (Å²) in [6.45, 7) is 0.581. The van der Waals surface area contributed by atoms with Gasteiger partial charge in [-0.15, -0.1) is 0 Å². The van der Waals surface area contributed by atoms with Gasteiger partial charge in [0.25, 0.3) is 5.91 Å². The van der Waals surface area contributed by atoms with Gasteiger partial charge in [0.1, 0.15) is 6.04 Å². The summed E-state index contributed by atoms with van der Waals surface area (Å²) in [5, 5.41) is 2.85. The fourth-order valence-electron chi connectivity index (χ4n) is 3.43. The summed E-state index contributed by atoms with van der Waals surface area (Å²) < 4.78 is 5.27. The van der Waals surface area contributed by atoms with Crippen LogP contribution in [0.2, 0.25) is 0 Å². The molecule has 2 heterocycles. The van der Waals surface area contributed by atoms with Crippen molar-refractivity contribution in [3.05, 3.63) is 95.4 Å². The Kier molecular flexibility index (Phi) is 5.44. The smallest absolute Gasteiger partial charge is 0.290 e. The molecule has 1 atom stereocenters. The number of benzene rings is 2. The van der Waals surface area contributed by atoms with Crippen LogP contribution in [0.5, 0.6) is 0 Å². The predicted octanol–water partition coefficient (Wildman–Crippen LogP) is 3.01. The quantitative estimate of drug-likeness (QED) is 0.706. The Morgan fingerprint density at radius 2 is 1.76 bits per heavy atom. The number of nitrogens with one attached hydrogen (secondary N) is 1. The molecule has 5 nitrogen and oxygen atoms in total. The van der Waals surface area contributed by atoms with Crippen LogP contribution in [0.4, 0.5) is 0 Å². The molecule has 1 unspecified atom stereocenters. The van der Waals surface area contributed by atoms with E-state index in [1.807, 2.05) is 54.6 Å². The highest BCUT2D eigenvalue weighted by Gasteiger charge is 2.35. The van der Waals surface area contributed by atoms with Crippen molar-refractivity contribution in [2.24, 2.45) is 0 Å². The maximum atomic E-state index is 12.9. The standard InChI is InChI=1S/C24H20N2O3/c27-23(25-14-6-10-18-8-2-1-3-9-18)21-16-19-11-4-5-12-20(19)17-26(21)24(28)22-13-7-15-29-22/h1-5,7-9,11-13,15,21H,14,16-17H2,(H,25,27). The Balaban J connectivity index is 1.50. The minimum atomic E-state index is -0.610. The van der Waals surface area contributed by atoms with E-state index in [4.69, 9.17) is 4.42 Å². The van der Waals surface area contributed by atoms with Gasteiger partial charge in [-0.05, 0) is 35.4 Å². The number of hydrogen-bond donors (Lipinski definition) is 1. The lowest BCUT2D eigenvalue weighted by Crippen LogP contribution is -2.52. The third kappa shape index (κ3) is 4.22. The fourth-order valence-corrected chi connectivity index (χ4v) is 3.43. The summed E-state index contributed by atoms with van der Waals surface area (Å²) in [6.07, 6.45) is 1.92. The SMILES string of the molecule is O=C(NCC#Cc1ccccc1)C1Cc2ccccc2CN1C(=O)c1ccco1. The normalized spacial score (nSPS) is 15.0. The Morgan fingerprint density at radius 1 is 1.00 bits per heavy atom. The summed E-state index contributed by atoms with van der Waals surface area (Å²) in [5.74, 6) is 5.69. The largest absolute Gasteiger partial charge is 0.459 e. The third-order valence-corrected chi connectivity index (χ3v) is 4.90. The number of amides is 2. The zero-order chi connectivity index (χ0) is 20.1. The molecule has 0 spiro atoms. The predicted molar refractivity (Wildman–Crippen MR) is 109 cm³/mol. The van der Waals surface area contributed by atoms with Crippen LogP contribution in [0.25, 0.3) is 0 Å². The molecular formula is C24H20N2O3. The van der Waals surface area contributed by atoms with Crippen LogP contribution in [-0.4, -0.2) is 29.3 Å². The Morgan fingerprint density at radius 3 is 2.52 bits per heavy atom.